The summed E-state index contributed by atoms with van der Waals surface area (Å²) < 4.78 is 64.3. The van der Waals surface area contributed by atoms with Gasteiger partial charge in [0.15, 0.2) is 0 Å². The van der Waals surface area contributed by atoms with Gasteiger partial charge in [-0.2, -0.15) is 17.5 Å². The van der Waals surface area contributed by atoms with Crippen LogP contribution in [0.1, 0.15) is 15.9 Å². The van der Waals surface area contributed by atoms with E-state index in [4.69, 9.17) is 0 Å². The molecule has 156 valence electrons. The lowest BCUT2D eigenvalue weighted by Gasteiger charge is -2.33. The molecule has 1 amide bonds. The fourth-order valence-corrected chi connectivity index (χ4v) is 4.93. The largest absolute Gasteiger partial charge is 0.416 e. The number of thiophene rings is 1. The zero-order chi connectivity index (χ0) is 21.4. The molecule has 0 bridgehead atoms. The van der Waals surface area contributed by atoms with Crippen LogP contribution in [0.15, 0.2) is 40.6 Å². The second-order valence-corrected chi connectivity index (χ2v) is 8.98. The van der Waals surface area contributed by atoms with E-state index in [0.29, 0.717) is 12.1 Å². The number of carbonyl (C=O) groups excluding carboxylic acids is 1. The van der Waals surface area contributed by atoms with Crippen molar-refractivity contribution in [1.29, 1.82) is 0 Å². The average Bonchev–Trinajstić information content (AvgIpc) is 3.17. The Kier molecular flexibility index (Phi) is 5.65. The second-order valence-electron chi connectivity index (χ2n) is 6.15. The summed E-state index contributed by atoms with van der Waals surface area (Å²) in [7, 11) is -4.00. The maximum Gasteiger partial charge on any atom is 0.416 e. The van der Waals surface area contributed by atoms with Gasteiger partial charge in [-0.15, -0.1) is 0 Å². The third-order valence-electron chi connectivity index (χ3n) is 4.36. The molecule has 1 aliphatic heterocycles. The zero-order valence-electron chi connectivity index (χ0n) is 14.6. The van der Waals surface area contributed by atoms with Crippen molar-refractivity contribution in [2.24, 2.45) is 0 Å². The Morgan fingerprint density at radius 1 is 1.10 bits per heavy atom. The lowest BCUT2D eigenvalue weighted by molar-refractivity contribution is -0.380. The van der Waals surface area contributed by atoms with E-state index in [0.717, 1.165) is 27.8 Å². The van der Waals surface area contributed by atoms with Gasteiger partial charge >= 0.3 is 11.2 Å². The Bertz CT molecular complexity index is 1030. The summed E-state index contributed by atoms with van der Waals surface area (Å²) in [6.07, 6.45) is -4.56. The fourth-order valence-electron chi connectivity index (χ4n) is 2.81. The minimum absolute atomic E-state index is 0.0404. The fraction of sp³-hybridized carbons (Fsp3) is 0.312. The zero-order valence-corrected chi connectivity index (χ0v) is 16.3. The van der Waals surface area contributed by atoms with E-state index in [9.17, 15) is 36.5 Å². The molecular weight excluding hydrogens is 435 g/mol. The van der Waals surface area contributed by atoms with Crippen LogP contribution >= 0.6 is 11.3 Å². The van der Waals surface area contributed by atoms with E-state index in [-0.39, 0.29) is 41.6 Å². The molecule has 1 saturated heterocycles. The Hall–Kier alpha value is -2.51. The van der Waals surface area contributed by atoms with Crippen LogP contribution in [0.2, 0.25) is 0 Å². The van der Waals surface area contributed by atoms with Crippen molar-refractivity contribution in [2.45, 2.75) is 11.1 Å². The maximum absolute atomic E-state index is 12.6. The number of rotatable bonds is 4. The number of benzene rings is 1. The highest BCUT2D eigenvalue weighted by Crippen LogP contribution is 2.30. The molecule has 1 fully saturated rings. The van der Waals surface area contributed by atoms with Gasteiger partial charge in [0.2, 0.25) is 10.0 Å². The first-order valence-electron chi connectivity index (χ1n) is 8.20. The van der Waals surface area contributed by atoms with Gasteiger partial charge in [0.1, 0.15) is 0 Å². The summed E-state index contributed by atoms with van der Waals surface area (Å²) >= 11 is 0.822. The third kappa shape index (κ3) is 4.41. The summed E-state index contributed by atoms with van der Waals surface area (Å²) in [6.45, 7) is 0.0351. The first kappa shape index (κ1) is 21.2. The van der Waals surface area contributed by atoms with Crippen molar-refractivity contribution in [1.82, 2.24) is 9.21 Å². The Balaban J connectivity index is 1.67. The summed E-state index contributed by atoms with van der Waals surface area (Å²) in [5.41, 5.74) is -0.794. The van der Waals surface area contributed by atoms with E-state index in [1.807, 2.05) is 0 Å². The molecule has 8 nitrogen and oxygen atoms in total. The summed E-state index contributed by atoms with van der Waals surface area (Å²) in [5.74, 6) is -0.444. The van der Waals surface area contributed by atoms with E-state index in [1.165, 1.54) is 16.3 Å². The molecule has 0 atom stereocenters. The lowest BCUT2D eigenvalue weighted by atomic mass is 10.2. The monoisotopic (exact) mass is 449 g/mol. The van der Waals surface area contributed by atoms with E-state index in [1.54, 1.807) is 0 Å². The molecule has 0 radical (unpaired) electrons. The number of amides is 1. The first-order valence-corrected chi connectivity index (χ1v) is 10.5. The predicted molar refractivity (Wildman–Crippen MR) is 97.1 cm³/mol. The Labute approximate surface area is 167 Å². The third-order valence-corrected chi connectivity index (χ3v) is 7.15. The maximum atomic E-state index is 12.6. The minimum atomic E-state index is -4.56. The van der Waals surface area contributed by atoms with Gasteiger partial charge < -0.3 is 4.90 Å². The normalized spacial score (nSPS) is 16.0. The molecule has 2 aromatic rings. The van der Waals surface area contributed by atoms with Gasteiger partial charge in [-0.05, 0) is 24.3 Å². The van der Waals surface area contributed by atoms with Gasteiger partial charge in [-0.1, -0.05) is 11.3 Å². The van der Waals surface area contributed by atoms with Crippen LogP contribution in [-0.2, 0) is 16.2 Å². The number of halogens is 3. The molecular formula is C16H14F3N3O5S2. The van der Waals surface area contributed by atoms with Crippen LogP contribution in [0.5, 0.6) is 0 Å². The van der Waals surface area contributed by atoms with Crippen LogP contribution in [-0.4, -0.2) is 54.6 Å². The summed E-state index contributed by atoms with van der Waals surface area (Å²) in [4.78, 5) is 23.7. The van der Waals surface area contributed by atoms with E-state index < -0.39 is 32.6 Å². The van der Waals surface area contributed by atoms with Gasteiger partial charge in [-0.25, -0.2) is 8.42 Å². The van der Waals surface area contributed by atoms with Gasteiger partial charge in [0, 0.05) is 37.6 Å². The van der Waals surface area contributed by atoms with E-state index in [2.05, 4.69) is 0 Å². The van der Waals surface area contributed by atoms with Gasteiger partial charge in [0.05, 0.1) is 20.9 Å². The molecule has 1 aliphatic rings. The van der Waals surface area contributed by atoms with Crippen LogP contribution < -0.4 is 0 Å². The number of sulfonamides is 1. The Morgan fingerprint density at radius 2 is 1.69 bits per heavy atom. The molecule has 1 aromatic carbocycles. The van der Waals surface area contributed by atoms with Crippen LogP contribution in [0.25, 0.3) is 0 Å². The number of hydrogen-bond acceptors (Lipinski definition) is 6. The summed E-state index contributed by atoms with van der Waals surface area (Å²) in [6, 6.07) is 4.38. The minimum Gasteiger partial charge on any atom is -0.336 e. The highest BCUT2D eigenvalue weighted by molar-refractivity contribution is 7.89. The number of carbonyl (C=O) groups is 1. The standard InChI is InChI=1S/C16H14F3N3O5S2/c17-16(18,19)12-1-3-13(4-2-12)29(26,27)21-7-5-20(6-8-21)15(23)11-9-14(22(24)25)28-10-11/h1-4,9-10H,5-8H2. The molecule has 0 N–H and O–H groups in total. The van der Waals surface area contributed by atoms with Crippen molar-refractivity contribution in [3.05, 3.63) is 57.0 Å². The van der Waals surface area contributed by atoms with Crippen molar-refractivity contribution in [2.75, 3.05) is 26.2 Å². The molecule has 3 rings (SSSR count). The molecule has 2 heterocycles. The first-order chi connectivity index (χ1) is 13.5. The number of alkyl halides is 3. The molecule has 29 heavy (non-hydrogen) atoms. The predicted octanol–water partition coefficient (Wildman–Crippen LogP) is 2.82. The molecule has 0 unspecified atom stereocenters. The van der Waals surface area contributed by atoms with Gasteiger partial charge in [0.25, 0.3) is 5.91 Å². The number of nitro groups is 1. The molecule has 0 saturated carbocycles. The van der Waals surface area contributed by atoms with Crippen molar-refractivity contribution >= 4 is 32.3 Å². The van der Waals surface area contributed by atoms with Crippen LogP contribution in [0.3, 0.4) is 0 Å². The summed E-state index contributed by atoms with van der Waals surface area (Å²) in [5, 5.41) is 11.9. The van der Waals surface area contributed by atoms with Crippen molar-refractivity contribution in [3.8, 4) is 0 Å². The second kappa shape index (κ2) is 7.72. The molecule has 13 heteroatoms. The highest BCUT2D eigenvalue weighted by Gasteiger charge is 2.33. The number of hydrogen-bond donors (Lipinski definition) is 0. The number of nitrogens with zero attached hydrogens (tertiary/aromatic N) is 3. The Morgan fingerprint density at radius 3 is 2.17 bits per heavy atom. The smallest absolute Gasteiger partial charge is 0.336 e. The number of piperazine rings is 1. The van der Waals surface area contributed by atoms with Crippen molar-refractivity contribution < 1.29 is 31.3 Å². The van der Waals surface area contributed by atoms with Crippen LogP contribution in [0, 0.1) is 10.1 Å². The lowest BCUT2D eigenvalue weighted by Crippen LogP contribution is -2.50. The average molecular weight is 449 g/mol. The highest BCUT2D eigenvalue weighted by atomic mass is 32.2. The molecule has 0 spiro atoms. The molecule has 1 aromatic heterocycles. The van der Waals surface area contributed by atoms with E-state index >= 15 is 0 Å². The van der Waals surface area contributed by atoms with Crippen molar-refractivity contribution in [3.63, 3.8) is 0 Å². The molecule has 0 aliphatic carbocycles. The van der Waals surface area contributed by atoms with Gasteiger partial charge in [-0.3, -0.25) is 14.9 Å². The quantitative estimate of drug-likeness (QED) is 0.528. The van der Waals surface area contributed by atoms with Crippen LogP contribution in [0.4, 0.5) is 18.2 Å². The topological polar surface area (TPSA) is 101 Å². The SMILES string of the molecule is O=C(c1csc([N+](=O)[O-])c1)N1CCN(S(=O)(=O)c2ccc(C(F)(F)F)cc2)CC1.